The lowest BCUT2D eigenvalue weighted by atomic mass is 9.92. The number of nitrogens with one attached hydrogen (secondary N) is 2. The maximum Gasteiger partial charge on any atom is 0.131 e. The lowest BCUT2D eigenvalue weighted by molar-refractivity contribution is 0.409. The molecule has 2 aliphatic heterocycles. The topological polar surface area (TPSA) is 41.4 Å². The van der Waals surface area contributed by atoms with Crippen LogP contribution in [0.5, 0.6) is 0 Å². The molecule has 2 N–H and O–H groups in total. The van der Waals surface area contributed by atoms with E-state index in [2.05, 4.69) is 179 Å². The largest absolute Gasteiger partial charge is 0.350 e. The minimum atomic E-state index is -0.166. The molecule has 0 amide bonds. The highest BCUT2D eigenvalue weighted by Crippen LogP contribution is 2.50. The summed E-state index contributed by atoms with van der Waals surface area (Å²) in [5.41, 5.74) is 10.8. The van der Waals surface area contributed by atoms with Crippen LogP contribution in [0.25, 0.3) is 38.6 Å². The third kappa shape index (κ3) is 5.01. The van der Waals surface area contributed by atoms with Gasteiger partial charge >= 0.3 is 0 Å². The fourth-order valence-electron chi connectivity index (χ4n) is 7.74. The van der Waals surface area contributed by atoms with Gasteiger partial charge in [-0.25, -0.2) is 4.99 Å². The van der Waals surface area contributed by atoms with E-state index in [1.807, 2.05) is 17.8 Å². The Kier molecular flexibility index (Phi) is 7.07. The van der Waals surface area contributed by atoms with E-state index < -0.39 is 0 Å². The van der Waals surface area contributed by atoms with Crippen molar-refractivity contribution in [2.45, 2.75) is 28.4 Å². The van der Waals surface area contributed by atoms with Crippen molar-refractivity contribution in [3.8, 4) is 16.8 Å². The Balaban J connectivity index is 1.09. The van der Waals surface area contributed by atoms with Gasteiger partial charge in [-0.1, -0.05) is 121 Å². The van der Waals surface area contributed by atoms with Crippen LogP contribution in [0.15, 0.2) is 180 Å². The number of hydrogen-bond donors (Lipinski definition) is 2. The van der Waals surface area contributed by atoms with Gasteiger partial charge in [-0.3, -0.25) is 5.32 Å². The number of thioether (sulfide) groups is 1. The zero-order chi connectivity index (χ0) is 33.0. The Labute approximate surface area is 295 Å². The number of nitrogens with zero attached hydrogens (tertiary/aromatic N) is 2. The smallest absolute Gasteiger partial charge is 0.131 e. The first-order chi connectivity index (χ1) is 24.8. The van der Waals surface area contributed by atoms with Crippen LogP contribution in [0, 0.1) is 0 Å². The van der Waals surface area contributed by atoms with Crippen molar-refractivity contribution >= 4 is 39.4 Å². The number of allylic oxidation sites excluding steroid dienone is 3. The first-order valence-electron chi connectivity index (χ1n) is 17.3. The second-order valence-corrected chi connectivity index (χ2v) is 14.4. The number of aromatic nitrogens is 1. The molecule has 1 aromatic heterocycles. The molecule has 4 atom stereocenters. The van der Waals surface area contributed by atoms with Crippen LogP contribution in [0.1, 0.15) is 40.5 Å². The number of fused-ring (bicyclic) bond motifs is 6. The second kappa shape index (κ2) is 12.1. The molecular weight excluding hydrogens is 629 g/mol. The zero-order valence-corrected chi connectivity index (χ0v) is 28.1. The van der Waals surface area contributed by atoms with Gasteiger partial charge < -0.3 is 9.88 Å². The highest BCUT2D eigenvalue weighted by Gasteiger charge is 2.32. The predicted molar refractivity (Wildman–Crippen MR) is 208 cm³/mol. The van der Waals surface area contributed by atoms with Gasteiger partial charge in [0.25, 0.3) is 0 Å². The minimum Gasteiger partial charge on any atom is -0.350 e. The van der Waals surface area contributed by atoms with Crippen molar-refractivity contribution < 1.29 is 0 Å². The average Bonchev–Trinajstić information content (AvgIpc) is 3.72. The van der Waals surface area contributed by atoms with E-state index in [0.717, 1.165) is 22.6 Å². The van der Waals surface area contributed by atoms with E-state index in [0.29, 0.717) is 11.2 Å². The van der Waals surface area contributed by atoms with Gasteiger partial charge in [0.2, 0.25) is 0 Å². The molecule has 0 saturated heterocycles. The van der Waals surface area contributed by atoms with E-state index in [9.17, 15) is 0 Å². The van der Waals surface area contributed by atoms with E-state index in [1.54, 1.807) is 0 Å². The second-order valence-electron chi connectivity index (χ2n) is 13.2. The molecule has 0 bridgehead atoms. The third-order valence-corrected chi connectivity index (χ3v) is 11.6. The number of benzene rings is 6. The molecule has 50 heavy (non-hydrogen) atoms. The van der Waals surface area contributed by atoms with E-state index in [-0.39, 0.29) is 12.3 Å². The fourth-order valence-corrected chi connectivity index (χ4v) is 9.10. The van der Waals surface area contributed by atoms with Crippen LogP contribution >= 0.6 is 11.8 Å². The molecule has 4 nitrogen and oxygen atoms in total. The molecule has 3 unspecified atom stereocenters. The van der Waals surface area contributed by atoms with Crippen molar-refractivity contribution in [1.29, 1.82) is 0 Å². The number of hydrogen-bond acceptors (Lipinski definition) is 4. The van der Waals surface area contributed by atoms with Crippen molar-refractivity contribution in [3.05, 3.63) is 192 Å². The van der Waals surface area contributed by atoms with Gasteiger partial charge in [-0.15, -0.1) is 11.8 Å². The molecule has 3 aliphatic rings. The van der Waals surface area contributed by atoms with Gasteiger partial charge in [0.05, 0.1) is 11.0 Å². The summed E-state index contributed by atoms with van der Waals surface area (Å²) >= 11 is 1.99. The number of aliphatic imine (C=N–C) groups is 1. The molecule has 0 spiro atoms. The van der Waals surface area contributed by atoms with Crippen molar-refractivity contribution in [1.82, 2.24) is 15.2 Å². The monoisotopic (exact) mass is 662 g/mol. The van der Waals surface area contributed by atoms with Gasteiger partial charge in [0, 0.05) is 38.1 Å². The first-order valence-corrected chi connectivity index (χ1v) is 18.2. The molecule has 10 rings (SSSR count). The van der Waals surface area contributed by atoms with Crippen LogP contribution in [0.4, 0.5) is 0 Å². The molecular formula is C45H34N4S. The average molecular weight is 663 g/mol. The van der Waals surface area contributed by atoms with E-state index in [1.165, 1.54) is 49.0 Å². The quantitative estimate of drug-likeness (QED) is 0.193. The van der Waals surface area contributed by atoms with Crippen molar-refractivity contribution in [2.24, 2.45) is 4.99 Å². The van der Waals surface area contributed by atoms with Crippen LogP contribution in [-0.2, 0) is 0 Å². The number of rotatable bonds is 5. The summed E-state index contributed by atoms with van der Waals surface area (Å²) < 4.78 is 2.45. The van der Waals surface area contributed by atoms with Gasteiger partial charge in [0.1, 0.15) is 18.2 Å². The predicted octanol–water partition coefficient (Wildman–Crippen LogP) is 10.5. The fraction of sp³-hybridized carbons (Fsp3) is 0.0889. The summed E-state index contributed by atoms with van der Waals surface area (Å²) in [6.07, 6.45) is 8.86. The van der Waals surface area contributed by atoms with E-state index in [4.69, 9.17) is 4.99 Å². The molecule has 1 aliphatic carbocycles. The van der Waals surface area contributed by atoms with Gasteiger partial charge in [-0.05, 0) is 76.3 Å². The molecule has 5 heteroatoms. The van der Waals surface area contributed by atoms with Crippen LogP contribution in [0.3, 0.4) is 0 Å². The Morgan fingerprint density at radius 2 is 1.26 bits per heavy atom. The van der Waals surface area contributed by atoms with Crippen molar-refractivity contribution in [2.75, 3.05) is 0 Å². The van der Waals surface area contributed by atoms with Crippen LogP contribution in [-0.4, -0.2) is 15.7 Å². The Bertz CT molecular complexity index is 2460. The number of amidine groups is 1. The maximum atomic E-state index is 5.18. The van der Waals surface area contributed by atoms with Crippen molar-refractivity contribution in [3.63, 3.8) is 0 Å². The Hall–Kier alpha value is -5.62. The summed E-state index contributed by atoms with van der Waals surface area (Å²) in [6.45, 7) is 0. The lowest BCUT2D eigenvalue weighted by Gasteiger charge is -2.32. The normalized spacial score (nSPS) is 20.8. The molecule has 0 fully saturated rings. The summed E-state index contributed by atoms with van der Waals surface area (Å²) in [5, 5.41) is 10.4. The minimum absolute atomic E-state index is 0.0720. The van der Waals surface area contributed by atoms with Crippen LogP contribution < -0.4 is 10.6 Å². The summed E-state index contributed by atoms with van der Waals surface area (Å²) in [5.74, 6) is 1.28. The molecule has 240 valence electrons. The van der Waals surface area contributed by atoms with Gasteiger partial charge in [-0.2, -0.15) is 0 Å². The highest BCUT2D eigenvalue weighted by atomic mass is 32.2. The standard InChI is InChI=1S/C45H34N4S/c1-4-12-29(13-5-1)33-22-25-39-36(26-33)37-28-42-38(35-18-10-11-19-41(35)50-42)27-40(37)49(39)34-23-20-32(21-24-34)45-47-43(30-14-6-2-7-15-30)46-44(48-45)31-16-8-3-9-17-31/h1-28,35,41,43-44,46H,(H,47,48)/t35?,41-,43?,44?/m1/s1. The Morgan fingerprint density at radius 1 is 0.580 bits per heavy atom. The summed E-state index contributed by atoms with van der Waals surface area (Å²) in [4.78, 5) is 6.57. The summed E-state index contributed by atoms with van der Waals surface area (Å²) in [7, 11) is 0. The van der Waals surface area contributed by atoms with Gasteiger partial charge in [0.15, 0.2) is 0 Å². The molecule has 7 aromatic rings. The first kappa shape index (κ1) is 29.3. The SMILES string of the molecule is C1=CC2c3cc4c(cc3S[C@@H]2C=C1)c1cc(-c2ccccc2)ccc1n4-c1ccc(C2=NC(c3ccccc3)NC(c3ccccc3)N2)cc1. The molecule has 6 aromatic carbocycles. The third-order valence-electron chi connectivity index (χ3n) is 10.2. The maximum absolute atomic E-state index is 5.18. The Morgan fingerprint density at radius 3 is 2.04 bits per heavy atom. The molecule has 0 saturated carbocycles. The molecule has 0 radical (unpaired) electrons. The summed E-state index contributed by atoms with van der Waals surface area (Å²) in [6, 6.07) is 52.4. The lowest BCUT2D eigenvalue weighted by Crippen LogP contribution is -2.44. The highest BCUT2D eigenvalue weighted by molar-refractivity contribution is 8.00. The molecule has 3 heterocycles. The van der Waals surface area contributed by atoms with Crippen LogP contribution in [0.2, 0.25) is 0 Å². The zero-order valence-electron chi connectivity index (χ0n) is 27.3. The van der Waals surface area contributed by atoms with E-state index >= 15 is 0 Å².